The minimum Gasteiger partial charge on any atom is -0.345 e. The Morgan fingerprint density at radius 3 is 2.40 bits per heavy atom. The number of carbonyl (C=O) groups is 1. The summed E-state index contributed by atoms with van der Waals surface area (Å²) in [7, 11) is -2.26. The summed E-state index contributed by atoms with van der Waals surface area (Å²) in [5, 5.41) is 8.87. The number of rotatable bonds is 11. The Bertz CT molecular complexity index is 3180. The van der Waals surface area contributed by atoms with Gasteiger partial charge in [0.1, 0.15) is 17.5 Å². The zero-order chi connectivity index (χ0) is 42.6. The molecule has 0 saturated heterocycles. The molecule has 0 unspecified atom stereocenters. The average Bonchev–Trinajstić information content (AvgIpc) is 3.71. The first-order chi connectivity index (χ1) is 28.6. The third-order valence-electron chi connectivity index (χ3n) is 10.2. The van der Waals surface area contributed by atoms with Crippen LogP contribution in [0, 0.1) is 18.6 Å². The lowest BCUT2D eigenvalue weighted by Gasteiger charge is -2.24. The Hall–Kier alpha value is -6.52. The smallest absolute Gasteiger partial charge is 0.266 e. The van der Waals surface area contributed by atoms with E-state index >= 15 is 4.79 Å². The van der Waals surface area contributed by atoms with Gasteiger partial charge in [-0.3, -0.25) is 33.5 Å². The van der Waals surface area contributed by atoms with Gasteiger partial charge in [-0.05, 0) is 74.4 Å². The standard InChI is InChI=1S/C43H38ClF2N9O4S/c1-23(2)54-22-27(30-8-6-7-9-35(30)54)20-37(56)49-34(18-25-16-28(45)21-29(46)17-25)42-50-33-19-26(39-24(3)47-14-15-48-39)10-11-31(33)43(57)55(42)36-13-12-32(44)38-40(36)53(4)51-41(38)52-60(5,58)59/h6-17,19,21-23,34H,18,20H2,1-5H3,(H,49,56)(H,51,52)/t34-/m0/s1. The number of sulfonamides is 1. The van der Waals surface area contributed by atoms with Gasteiger partial charge in [-0.1, -0.05) is 35.9 Å². The number of benzene rings is 4. The number of fused-ring (bicyclic) bond motifs is 3. The number of nitrogens with zero attached hydrogens (tertiary/aromatic N) is 7. The Kier molecular flexibility index (Phi) is 10.5. The van der Waals surface area contributed by atoms with Crippen LogP contribution in [0.3, 0.4) is 0 Å². The molecule has 4 heterocycles. The second-order valence-electron chi connectivity index (χ2n) is 14.9. The van der Waals surface area contributed by atoms with Gasteiger partial charge >= 0.3 is 0 Å². The number of amides is 1. The Morgan fingerprint density at radius 1 is 0.950 bits per heavy atom. The number of hydrogen-bond donors (Lipinski definition) is 2. The van der Waals surface area contributed by atoms with Crippen molar-refractivity contribution >= 4 is 66.1 Å². The average molecular weight is 850 g/mol. The minimum absolute atomic E-state index is 0.00518. The summed E-state index contributed by atoms with van der Waals surface area (Å²) >= 11 is 6.70. The van der Waals surface area contributed by atoms with Crippen LogP contribution in [0.1, 0.15) is 48.6 Å². The highest BCUT2D eigenvalue weighted by molar-refractivity contribution is 7.92. The molecule has 8 rings (SSSR count). The van der Waals surface area contributed by atoms with Crippen molar-refractivity contribution in [2.75, 3.05) is 11.0 Å². The molecule has 4 aromatic heterocycles. The lowest BCUT2D eigenvalue weighted by atomic mass is 10.0. The predicted octanol–water partition coefficient (Wildman–Crippen LogP) is 7.52. The third kappa shape index (κ3) is 7.71. The van der Waals surface area contributed by atoms with E-state index in [1.54, 1.807) is 50.6 Å². The van der Waals surface area contributed by atoms with Crippen molar-refractivity contribution in [2.45, 2.75) is 45.7 Å². The summed E-state index contributed by atoms with van der Waals surface area (Å²) in [4.78, 5) is 43.4. The summed E-state index contributed by atoms with van der Waals surface area (Å²) in [5.41, 5.74) is 3.84. The molecule has 1 amide bonds. The number of aryl methyl sites for hydroxylation is 2. The van der Waals surface area contributed by atoms with Crippen LogP contribution in [-0.2, 0) is 34.7 Å². The SMILES string of the molecule is Cc1nccnc1-c1ccc2c(=O)n(-c3ccc(Cl)c4c(NS(C)(=O)=O)nn(C)c34)c([C@H](Cc3cc(F)cc(F)c3)NC(=O)Cc3cn(C(C)C)c4ccccc34)nc2c1. The van der Waals surface area contributed by atoms with E-state index in [0.29, 0.717) is 17.0 Å². The molecule has 8 aromatic rings. The maximum atomic E-state index is 15.1. The molecule has 1 atom stereocenters. The molecule has 0 aliphatic carbocycles. The lowest BCUT2D eigenvalue weighted by Crippen LogP contribution is -2.36. The van der Waals surface area contributed by atoms with E-state index in [1.165, 1.54) is 15.3 Å². The molecule has 60 heavy (non-hydrogen) atoms. The van der Waals surface area contributed by atoms with Gasteiger partial charge in [0.05, 0.1) is 62.6 Å². The van der Waals surface area contributed by atoms with E-state index in [4.69, 9.17) is 16.6 Å². The quantitative estimate of drug-likeness (QED) is 0.135. The van der Waals surface area contributed by atoms with Gasteiger partial charge in [-0.25, -0.2) is 22.2 Å². The molecule has 0 spiro atoms. The molecule has 0 bridgehead atoms. The van der Waals surface area contributed by atoms with E-state index in [0.717, 1.165) is 40.9 Å². The number of nitrogens with one attached hydrogen (secondary N) is 2. The Labute approximate surface area is 347 Å². The van der Waals surface area contributed by atoms with Crippen LogP contribution >= 0.6 is 11.6 Å². The van der Waals surface area contributed by atoms with Crippen molar-refractivity contribution < 1.29 is 22.0 Å². The molecule has 0 radical (unpaired) electrons. The third-order valence-corrected chi connectivity index (χ3v) is 11.1. The number of halogens is 3. The zero-order valence-corrected chi connectivity index (χ0v) is 34.6. The van der Waals surface area contributed by atoms with Crippen LogP contribution in [-0.4, -0.2) is 54.4 Å². The van der Waals surface area contributed by atoms with Gasteiger partial charge in [0, 0.05) is 60.6 Å². The molecule has 4 aromatic carbocycles. The number of anilines is 1. The fourth-order valence-corrected chi connectivity index (χ4v) is 8.46. The number of hydrogen-bond acceptors (Lipinski definition) is 8. The minimum atomic E-state index is -3.82. The van der Waals surface area contributed by atoms with Crippen molar-refractivity contribution in [1.82, 2.24) is 39.2 Å². The normalized spacial score (nSPS) is 12.5. The molecule has 2 N–H and O–H groups in total. The van der Waals surface area contributed by atoms with Gasteiger partial charge in [0.15, 0.2) is 5.82 Å². The fourth-order valence-electron chi connectivity index (χ4n) is 7.73. The number of para-hydroxylation sites is 1. The maximum absolute atomic E-state index is 15.1. The molecular weight excluding hydrogens is 812 g/mol. The van der Waals surface area contributed by atoms with Gasteiger partial charge in [0.2, 0.25) is 15.9 Å². The number of carbonyl (C=O) groups excluding carboxylic acids is 1. The Morgan fingerprint density at radius 2 is 1.68 bits per heavy atom. The topological polar surface area (TPSA) is 159 Å². The summed E-state index contributed by atoms with van der Waals surface area (Å²) < 4.78 is 61.6. The highest BCUT2D eigenvalue weighted by Gasteiger charge is 2.28. The van der Waals surface area contributed by atoms with E-state index in [1.807, 2.05) is 44.3 Å². The molecule has 17 heteroatoms. The summed E-state index contributed by atoms with van der Waals surface area (Å²) in [6.07, 6.45) is 5.76. The maximum Gasteiger partial charge on any atom is 0.266 e. The molecule has 0 aliphatic heterocycles. The van der Waals surface area contributed by atoms with E-state index in [2.05, 4.69) is 29.7 Å². The monoisotopic (exact) mass is 849 g/mol. The van der Waals surface area contributed by atoms with Crippen molar-refractivity contribution in [1.29, 1.82) is 0 Å². The molecule has 0 fully saturated rings. The van der Waals surface area contributed by atoms with Crippen LogP contribution in [0.25, 0.3) is 49.7 Å². The fraction of sp³-hybridized carbons (Fsp3) is 0.209. The van der Waals surface area contributed by atoms with Gasteiger partial charge in [-0.15, -0.1) is 0 Å². The second-order valence-corrected chi connectivity index (χ2v) is 17.1. The zero-order valence-electron chi connectivity index (χ0n) is 33.0. The summed E-state index contributed by atoms with van der Waals surface area (Å²) in [6, 6.07) is 17.8. The molecular formula is C43H38ClF2N9O4S. The lowest BCUT2D eigenvalue weighted by molar-refractivity contribution is -0.121. The van der Waals surface area contributed by atoms with Crippen molar-refractivity contribution in [2.24, 2.45) is 7.05 Å². The highest BCUT2D eigenvalue weighted by Crippen LogP contribution is 2.36. The van der Waals surface area contributed by atoms with Gasteiger partial charge < -0.3 is 9.88 Å². The largest absolute Gasteiger partial charge is 0.345 e. The predicted molar refractivity (Wildman–Crippen MR) is 228 cm³/mol. The highest BCUT2D eigenvalue weighted by atomic mass is 35.5. The molecule has 306 valence electrons. The number of aromatic nitrogens is 7. The van der Waals surface area contributed by atoms with E-state index in [-0.39, 0.29) is 68.6 Å². The molecule has 0 saturated carbocycles. The van der Waals surface area contributed by atoms with Crippen LogP contribution in [0.4, 0.5) is 14.6 Å². The van der Waals surface area contributed by atoms with Crippen molar-refractivity contribution in [3.05, 3.63) is 141 Å². The van der Waals surface area contributed by atoms with E-state index < -0.39 is 39.2 Å². The first kappa shape index (κ1) is 40.3. The van der Waals surface area contributed by atoms with Crippen molar-refractivity contribution in [3.8, 4) is 16.9 Å². The van der Waals surface area contributed by atoms with E-state index in [9.17, 15) is 22.0 Å². The summed E-state index contributed by atoms with van der Waals surface area (Å²) in [5.74, 6) is -2.18. The molecule has 13 nitrogen and oxygen atoms in total. The van der Waals surface area contributed by atoms with Crippen LogP contribution in [0.15, 0.2) is 96.2 Å². The second kappa shape index (κ2) is 15.6. The van der Waals surface area contributed by atoms with Gasteiger partial charge in [-0.2, -0.15) is 5.10 Å². The molecule has 0 aliphatic rings. The first-order valence-electron chi connectivity index (χ1n) is 18.9. The van der Waals surface area contributed by atoms with Crippen LogP contribution in [0.2, 0.25) is 5.02 Å². The van der Waals surface area contributed by atoms with Crippen LogP contribution in [0.5, 0.6) is 0 Å². The summed E-state index contributed by atoms with van der Waals surface area (Å²) in [6.45, 7) is 5.89. The Balaban J connectivity index is 1.37. The van der Waals surface area contributed by atoms with Crippen LogP contribution < -0.4 is 15.6 Å². The van der Waals surface area contributed by atoms with Gasteiger partial charge in [0.25, 0.3) is 5.56 Å². The first-order valence-corrected chi connectivity index (χ1v) is 21.1. The van der Waals surface area contributed by atoms with Crippen molar-refractivity contribution in [3.63, 3.8) is 0 Å².